The Labute approximate surface area is 184 Å². The lowest BCUT2D eigenvalue weighted by Gasteiger charge is -2.15. The van der Waals surface area contributed by atoms with Crippen LogP contribution < -0.4 is 4.74 Å². The van der Waals surface area contributed by atoms with Gasteiger partial charge < -0.3 is 9.64 Å². The molecule has 32 heavy (non-hydrogen) atoms. The number of benzene rings is 2. The average molecular weight is 428 g/mol. The van der Waals surface area contributed by atoms with Crippen LogP contribution in [0.3, 0.4) is 0 Å². The van der Waals surface area contributed by atoms with E-state index in [0.29, 0.717) is 41.9 Å². The molecule has 1 amide bonds. The number of carbonyl (C=O) groups excluding carboxylic acids is 1. The Morgan fingerprint density at radius 3 is 2.59 bits per heavy atom. The van der Waals surface area contributed by atoms with Gasteiger partial charge in [-0.25, -0.2) is 4.39 Å². The van der Waals surface area contributed by atoms with Gasteiger partial charge >= 0.3 is 0 Å². The summed E-state index contributed by atoms with van der Waals surface area (Å²) in [5.41, 5.74) is 1.88. The van der Waals surface area contributed by atoms with Gasteiger partial charge in [-0.2, -0.15) is 5.10 Å². The number of aromatic nitrogens is 3. The molecular formula is C25H21FN4O2. The topological polar surface area (TPSA) is 60.2 Å². The summed E-state index contributed by atoms with van der Waals surface area (Å²) in [5.74, 6) is 0.891. The van der Waals surface area contributed by atoms with Gasteiger partial charge in [-0.3, -0.25) is 14.5 Å². The van der Waals surface area contributed by atoms with Crippen molar-refractivity contribution < 1.29 is 13.9 Å². The Balaban J connectivity index is 1.49. The monoisotopic (exact) mass is 428 g/mol. The molecule has 0 N–H and O–H groups in total. The molecule has 1 fully saturated rings. The van der Waals surface area contributed by atoms with Crippen LogP contribution in [0.4, 0.5) is 4.39 Å². The highest BCUT2D eigenvalue weighted by Gasteiger charge is 2.29. The Hall–Kier alpha value is -4.00. The lowest BCUT2D eigenvalue weighted by Crippen LogP contribution is -2.27. The van der Waals surface area contributed by atoms with Crippen LogP contribution in [-0.4, -0.2) is 38.7 Å². The second-order valence-corrected chi connectivity index (χ2v) is 7.68. The summed E-state index contributed by atoms with van der Waals surface area (Å²) in [4.78, 5) is 17.7. The molecule has 3 heterocycles. The number of halogens is 1. The zero-order valence-corrected chi connectivity index (χ0v) is 17.3. The number of ether oxygens (including phenoxy) is 1. The van der Waals surface area contributed by atoms with Gasteiger partial charge in [-0.05, 0) is 48.9 Å². The molecule has 1 atom stereocenters. The van der Waals surface area contributed by atoms with E-state index in [2.05, 4.69) is 11.6 Å². The fraction of sp³-hybridized carbons (Fsp3) is 0.160. The van der Waals surface area contributed by atoms with Crippen molar-refractivity contribution in [2.75, 3.05) is 13.1 Å². The van der Waals surface area contributed by atoms with Crippen molar-refractivity contribution in [1.29, 1.82) is 0 Å². The van der Waals surface area contributed by atoms with E-state index in [1.165, 1.54) is 12.3 Å². The Morgan fingerprint density at radius 1 is 1.09 bits per heavy atom. The minimum Gasteiger partial charge on any atom is -0.457 e. The summed E-state index contributed by atoms with van der Waals surface area (Å²) in [6, 6.07) is 16.9. The Bertz CT molecular complexity index is 1280. The van der Waals surface area contributed by atoms with Crippen molar-refractivity contribution in [3.8, 4) is 22.8 Å². The van der Waals surface area contributed by atoms with Crippen LogP contribution in [-0.2, 0) is 4.79 Å². The average Bonchev–Trinajstić information content (AvgIpc) is 3.46. The molecule has 1 unspecified atom stereocenters. The second-order valence-electron chi connectivity index (χ2n) is 7.68. The number of carbonyl (C=O) groups is 1. The molecule has 2 aromatic carbocycles. The van der Waals surface area contributed by atoms with Crippen LogP contribution >= 0.6 is 0 Å². The van der Waals surface area contributed by atoms with E-state index >= 15 is 0 Å². The van der Waals surface area contributed by atoms with Gasteiger partial charge in [0.15, 0.2) is 5.82 Å². The minimum absolute atomic E-state index is 0.118. The van der Waals surface area contributed by atoms with Crippen LogP contribution in [0.1, 0.15) is 12.5 Å². The zero-order valence-electron chi connectivity index (χ0n) is 17.3. The van der Waals surface area contributed by atoms with Gasteiger partial charge in [-0.15, -0.1) is 0 Å². The molecule has 1 saturated heterocycles. The third-order valence-corrected chi connectivity index (χ3v) is 5.67. The molecule has 5 rings (SSSR count). The van der Waals surface area contributed by atoms with E-state index in [4.69, 9.17) is 9.84 Å². The molecule has 160 valence electrons. The number of nitrogens with zero attached hydrogens (tertiary/aromatic N) is 4. The van der Waals surface area contributed by atoms with Crippen LogP contribution in [0.5, 0.6) is 11.5 Å². The van der Waals surface area contributed by atoms with Crippen molar-refractivity contribution in [3.63, 3.8) is 0 Å². The van der Waals surface area contributed by atoms with Crippen LogP contribution in [0, 0.1) is 5.82 Å². The van der Waals surface area contributed by atoms with E-state index in [1.54, 1.807) is 15.8 Å². The van der Waals surface area contributed by atoms with E-state index < -0.39 is 5.82 Å². The maximum atomic E-state index is 14.8. The summed E-state index contributed by atoms with van der Waals surface area (Å²) in [5, 5.41) is 5.40. The van der Waals surface area contributed by atoms with E-state index in [0.717, 1.165) is 11.3 Å². The SMILES string of the molecule is C=CC(=O)N1CCC(n2nc(-c3ccc(Oc4ccccc4)cc3)c3cncc(F)c32)C1. The van der Waals surface area contributed by atoms with Gasteiger partial charge in [-0.1, -0.05) is 24.8 Å². The molecule has 4 aromatic rings. The number of likely N-dealkylation sites (tertiary alicyclic amines) is 1. The third-order valence-electron chi connectivity index (χ3n) is 5.67. The van der Waals surface area contributed by atoms with Gasteiger partial charge in [0.2, 0.25) is 5.91 Å². The maximum Gasteiger partial charge on any atom is 0.246 e. The van der Waals surface area contributed by atoms with Crippen LogP contribution in [0.2, 0.25) is 0 Å². The van der Waals surface area contributed by atoms with Crippen molar-refractivity contribution in [1.82, 2.24) is 19.7 Å². The van der Waals surface area contributed by atoms with E-state index in [9.17, 15) is 9.18 Å². The lowest BCUT2D eigenvalue weighted by atomic mass is 10.1. The van der Waals surface area contributed by atoms with Crippen molar-refractivity contribution in [2.24, 2.45) is 0 Å². The largest absolute Gasteiger partial charge is 0.457 e. The Morgan fingerprint density at radius 2 is 1.84 bits per heavy atom. The second kappa shape index (κ2) is 8.26. The lowest BCUT2D eigenvalue weighted by molar-refractivity contribution is -0.125. The van der Waals surface area contributed by atoms with Crippen molar-refractivity contribution in [3.05, 3.63) is 85.5 Å². The van der Waals surface area contributed by atoms with Gasteiger partial charge in [0, 0.05) is 30.2 Å². The summed E-state index contributed by atoms with van der Waals surface area (Å²) in [6.45, 7) is 4.60. The summed E-state index contributed by atoms with van der Waals surface area (Å²) >= 11 is 0. The highest BCUT2D eigenvalue weighted by Crippen LogP contribution is 2.34. The van der Waals surface area contributed by atoms with Crippen molar-refractivity contribution in [2.45, 2.75) is 12.5 Å². The number of pyridine rings is 1. The third kappa shape index (κ3) is 3.62. The normalized spacial score (nSPS) is 15.8. The maximum absolute atomic E-state index is 14.8. The standard InChI is InChI=1S/C25H21FN4O2/c1-2-23(31)29-13-12-18(16-29)30-25-21(14-27-15-22(25)26)24(28-30)17-8-10-20(11-9-17)32-19-6-4-3-5-7-19/h2-11,14-15,18H,1,12-13,16H2. The summed E-state index contributed by atoms with van der Waals surface area (Å²) in [6.07, 6.45) is 4.83. The number of hydrogen-bond donors (Lipinski definition) is 0. The highest BCUT2D eigenvalue weighted by molar-refractivity contribution is 5.93. The molecular weight excluding hydrogens is 407 g/mol. The van der Waals surface area contributed by atoms with Crippen molar-refractivity contribution >= 4 is 16.8 Å². The van der Waals surface area contributed by atoms with E-state index in [-0.39, 0.29) is 11.9 Å². The minimum atomic E-state index is -0.432. The van der Waals surface area contributed by atoms with Crippen LogP contribution in [0.15, 0.2) is 79.6 Å². The van der Waals surface area contributed by atoms with Gasteiger partial charge in [0.25, 0.3) is 0 Å². The number of hydrogen-bond acceptors (Lipinski definition) is 4. The highest BCUT2D eigenvalue weighted by atomic mass is 19.1. The molecule has 7 heteroatoms. The molecule has 0 spiro atoms. The molecule has 0 radical (unpaired) electrons. The number of para-hydroxylation sites is 1. The van der Waals surface area contributed by atoms with Gasteiger partial charge in [0.1, 0.15) is 22.7 Å². The molecule has 6 nitrogen and oxygen atoms in total. The molecule has 0 saturated carbocycles. The smallest absolute Gasteiger partial charge is 0.246 e. The summed E-state index contributed by atoms with van der Waals surface area (Å²) in [7, 11) is 0. The molecule has 1 aliphatic heterocycles. The predicted molar refractivity (Wildman–Crippen MR) is 120 cm³/mol. The van der Waals surface area contributed by atoms with Crippen LogP contribution in [0.25, 0.3) is 22.2 Å². The first kappa shape index (κ1) is 19.9. The first-order chi connectivity index (χ1) is 15.6. The number of amides is 1. The molecule has 1 aliphatic rings. The molecule has 0 bridgehead atoms. The summed E-state index contributed by atoms with van der Waals surface area (Å²) < 4.78 is 22.4. The Kier molecular flexibility index (Phi) is 5.15. The number of fused-ring (bicyclic) bond motifs is 1. The zero-order chi connectivity index (χ0) is 22.1. The fourth-order valence-corrected chi connectivity index (χ4v) is 4.10. The first-order valence-corrected chi connectivity index (χ1v) is 10.4. The first-order valence-electron chi connectivity index (χ1n) is 10.4. The predicted octanol–water partition coefficient (Wildman–Crippen LogP) is 4.99. The fourth-order valence-electron chi connectivity index (χ4n) is 4.10. The molecule has 0 aliphatic carbocycles. The van der Waals surface area contributed by atoms with Gasteiger partial charge in [0.05, 0.1) is 12.2 Å². The number of rotatable bonds is 5. The quantitative estimate of drug-likeness (QED) is 0.420. The molecule has 2 aromatic heterocycles. The van der Waals surface area contributed by atoms with E-state index in [1.807, 2.05) is 54.6 Å².